The van der Waals surface area contributed by atoms with Crippen molar-refractivity contribution in [3.8, 4) is 11.1 Å². The Morgan fingerprint density at radius 2 is 2.00 bits per heavy atom. The van der Waals surface area contributed by atoms with Gasteiger partial charge in [-0.1, -0.05) is 18.2 Å². The number of rotatable bonds is 6. The van der Waals surface area contributed by atoms with Crippen LogP contribution in [-0.2, 0) is 14.3 Å². The minimum absolute atomic E-state index is 0.121. The summed E-state index contributed by atoms with van der Waals surface area (Å²) in [6.45, 7) is 8.95. The smallest absolute Gasteiger partial charge is 0.246 e. The topological polar surface area (TPSA) is 77.9 Å². The van der Waals surface area contributed by atoms with E-state index in [9.17, 15) is 13.6 Å². The van der Waals surface area contributed by atoms with E-state index < -0.39 is 11.6 Å². The number of ether oxygens (including phenoxy) is 2. The molecular formula is C27H31ClF2N4O3S. The molecule has 0 aromatic heterocycles. The lowest BCUT2D eigenvalue weighted by atomic mass is 9.99. The summed E-state index contributed by atoms with van der Waals surface area (Å²) >= 11 is 8.21. The first-order valence-electron chi connectivity index (χ1n) is 12.2. The summed E-state index contributed by atoms with van der Waals surface area (Å²) in [6.07, 6.45) is 1.09. The molecule has 4 rings (SSSR count). The summed E-state index contributed by atoms with van der Waals surface area (Å²) < 4.78 is 39.5. The number of thioether (sulfide) groups is 1. The van der Waals surface area contributed by atoms with E-state index in [-0.39, 0.29) is 47.3 Å². The van der Waals surface area contributed by atoms with Crippen LogP contribution in [0, 0.1) is 17.0 Å². The Labute approximate surface area is 230 Å². The number of carbonyl (C=O) groups excluding carboxylic acids is 1. The Hall–Kier alpha value is -2.66. The van der Waals surface area contributed by atoms with E-state index in [0.29, 0.717) is 47.1 Å². The molecule has 2 aromatic rings. The monoisotopic (exact) mass is 564 g/mol. The molecule has 1 amide bonds. The molecule has 0 aliphatic carbocycles. The van der Waals surface area contributed by atoms with Crippen LogP contribution in [-0.4, -0.2) is 79.0 Å². The number of hydrogen-bond acceptors (Lipinski definition) is 6. The fraction of sp³-hybridized carbons (Fsp3) is 0.407. The van der Waals surface area contributed by atoms with Gasteiger partial charge in [-0.05, 0) is 38.1 Å². The number of halogens is 3. The summed E-state index contributed by atoms with van der Waals surface area (Å²) in [6, 6.07) is 4.78. The van der Waals surface area contributed by atoms with Gasteiger partial charge in [0.2, 0.25) is 5.91 Å². The fourth-order valence-electron chi connectivity index (χ4n) is 5.01. The molecular weight excluding hydrogens is 534 g/mol. The lowest BCUT2D eigenvalue weighted by molar-refractivity contribution is -0.132. The van der Waals surface area contributed by atoms with E-state index in [1.807, 2.05) is 18.7 Å². The lowest BCUT2D eigenvalue weighted by Crippen LogP contribution is -2.59. The quantitative estimate of drug-likeness (QED) is 0.217. The van der Waals surface area contributed by atoms with Crippen LogP contribution >= 0.6 is 23.4 Å². The van der Waals surface area contributed by atoms with E-state index in [1.165, 1.54) is 30.0 Å². The third-order valence-electron chi connectivity index (χ3n) is 6.69. The van der Waals surface area contributed by atoms with Crippen molar-refractivity contribution >= 4 is 40.8 Å². The maximum atomic E-state index is 14.9. The number of hydrogen-bond donors (Lipinski definition) is 2. The SMILES string of the molecule is C=CC(=O)N1[C@H](C)CN(C(=N)c2cc(Cl)c(-c3ccc(F)cc3F)c3c2NCC(OCOC)CS3)C[C@@H]1C. The van der Waals surface area contributed by atoms with Crippen LogP contribution in [0.15, 0.2) is 41.8 Å². The van der Waals surface area contributed by atoms with Crippen LogP contribution in [0.1, 0.15) is 19.4 Å². The average Bonchev–Trinajstić information content (AvgIpc) is 3.09. The number of benzene rings is 2. The van der Waals surface area contributed by atoms with Gasteiger partial charge in [-0.2, -0.15) is 0 Å². The van der Waals surface area contributed by atoms with Crippen molar-refractivity contribution in [1.82, 2.24) is 9.80 Å². The molecule has 2 aromatic carbocycles. The van der Waals surface area contributed by atoms with Crippen molar-refractivity contribution in [2.24, 2.45) is 0 Å². The molecule has 0 spiro atoms. The van der Waals surface area contributed by atoms with Gasteiger partial charge in [0.25, 0.3) is 0 Å². The summed E-state index contributed by atoms with van der Waals surface area (Å²) in [5.74, 6) is -0.771. The van der Waals surface area contributed by atoms with E-state index in [4.69, 9.17) is 26.5 Å². The van der Waals surface area contributed by atoms with Crippen LogP contribution in [0.4, 0.5) is 14.5 Å². The highest BCUT2D eigenvalue weighted by Gasteiger charge is 2.35. The molecule has 2 N–H and O–H groups in total. The zero-order chi connectivity index (χ0) is 27.6. The highest BCUT2D eigenvalue weighted by Crippen LogP contribution is 2.46. The van der Waals surface area contributed by atoms with Crippen LogP contribution in [0.2, 0.25) is 5.02 Å². The molecule has 11 heteroatoms. The lowest BCUT2D eigenvalue weighted by Gasteiger charge is -2.45. The number of amides is 1. The van der Waals surface area contributed by atoms with Gasteiger partial charge in [-0.15, -0.1) is 11.8 Å². The van der Waals surface area contributed by atoms with E-state index >= 15 is 0 Å². The predicted molar refractivity (Wildman–Crippen MR) is 147 cm³/mol. The maximum absolute atomic E-state index is 14.9. The Morgan fingerprint density at radius 1 is 1.29 bits per heavy atom. The van der Waals surface area contributed by atoms with E-state index in [2.05, 4.69) is 11.9 Å². The number of amidine groups is 1. The number of methoxy groups -OCH3 is 1. The molecule has 1 saturated heterocycles. The Kier molecular flexibility index (Phi) is 8.97. The first kappa shape index (κ1) is 28.4. The number of carbonyl (C=O) groups is 1. The fourth-order valence-corrected chi connectivity index (χ4v) is 6.63. The Bertz CT molecular complexity index is 1240. The average molecular weight is 565 g/mol. The molecule has 3 atom stereocenters. The van der Waals surface area contributed by atoms with Crippen molar-refractivity contribution in [1.29, 1.82) is 5.41 Å². The maximum Gasteiger partial charge on any atom is 0.246 e. The molecule has 1 unspecified atom stereocenters. The molecule has 2 heterocycles. The third-order valence-corrected chi connectivity index (χ3v) is 8.23. The molecule has 0 saturated carbocycles. The largest absolute Gasteiger partial charge is 0.381 e. The molecule has 0 radical (unpaired) electrons. The zero-order valence-electron chi connectivity index (χ0n) is 21.5. The van der Waals surface area contributed by atoms with Crippen LogP contribution < -0.4 is 5.32 Å². The second-order valence-corrected chi connectivity index (χ2v) is 10.8. The van der Waals surface area contributed by atoms with E-state index in [0.717, 1.165) is 6.07 Å². The highest BCUT2D eigenvalue weighted by molar-refractivity contribution is 7.99. The molecule has 204 valence electrons. The molecule has 1 fully saturated rings. The Balaban J connectivity index is 1.76. The van der Waals surface area contributed by atoms with Gasteiger partial charge in [0.05, 0.1) is 16.8 Å². The predicted octanol–water partition coefficient (Wildman–Crippen LogP) is 5.22. The van der Waals surface area contributed by atoms with Gasteiger partial charge >= 0.3 is 0 Å². The van der Waals surface area contributed by atoms with Gasteiger partial charge in [-0.3, -0.25) is 10.2 Å². The third kappa shape index (κ3) is 5.68. The van der Waals surface area contributed by atoms with Gasteiger partial charge in [-0.25, -0.2) is 8.78 Å². The van der Waals surface area contributed by atoms with E-state index in [1.54, 1.807) is 18.1 Å². The summed E-state index contributed by atoms with van der Waals surface area (Å²) in [5, 5.41) is 12.8. The second-order valence-electron chi connectivity index (χ2n) is 9.40. The van der Waals surface area contributed by atoms with Gasteiger partial charge in [0, 0.05) is 72.2 Å². The first-order chi connectivity index (χ1) is 18.2. The number of nitrogens with one attached hydrogen (secondary N) is 2. The van der Waals surface area contributed by atoms with Gasteiger partial charge < -0.3 is 24.6 Å². The van der Waals surface area contributed by atoms with Crippen molar-refractivity contribution in [3.63, 3.8) is 0 Å². The molecule has 2 aliphatic rings. The van der Waals surface area contributed by atoms with Crippen molar-refractivity contribution in [3.05, 3.63) is 59.1 Å². The molecule has 0 bridgehead atoms. The number of piperazine rings is 1. The number of fused-ring (bicyclic) bond motifs is 1. The van der Waals surface area contributed by atoms with Crippen molar-refractivity contribution < 1.29 is 23.0 Å². The summed E-state index contributed by atoms with van der Waals surface area (Å²) in [5.41, 5.74) is 1.80. The Morgan fingerprint density at radius 3 is 2.63 bits per heavy atom. The standard InChI is InChI=1S/C27H31ClF2N4O3S/c1-5-23(35)34-15(2)11-33(12-16(34)3)27(31)20-9-21(28)24(19-7-6-17(29)8-22(19)30)26-25(20)32-10-18(13-38-26)37-14-36-4/h5-9,15-16,18,31-32H,1,10-14H2,2-4H3/t15-,16+,18?. The second kappa shape index (κ2) is 12.0. The van der Waals surface area contributed by atoms with Crippen molar-refractivity contribution in [2.45, 2.75) is 36.9 Å². The van der Waals surface area contributed by atoms with Gasteiger partial charge in [0.1, 0.15) is 24.3 Å². The molecule has 38 heavy (non-hydrogen) atoms. The number of nitrogens with zero attached hydrogens (tertiary/aromatic N) is 2. The van der Waals surface area contributed by atoms with Crippen molar-refractivity contribution in [2.75, 3.05) is 44.6 Å². The van der Waals surface area contributed by atoms with Gasteiger partial charge in [0.15, 0.2) is 0 Å². The van der Waals surface area contributed by atoms with Crippen LogP contribution in [0.3, 0.4) is 0 Å². The minimum Gasteiger partial charge on any atom is -0.381 e. The number of anilines is 1. The first-order valence-corrected chi connectivity index (χ1v) is 13.6. The summed E-state index contributed by atoms with van der Waals surface area (Å²) in [7, 11) is 1.55. The normalized spacial score (nSPS) is 21.4. The molecule has 2 aliphatic heterocycles. The zero-order valence-corrected chi connectivity index (χ0v) is 23.1. The minimum atomic E-state index is -0.723. The molecule has 7 nitrogen and oxygen atoms in total. The van der Waals surface area contributed by atoms with Crippen LogP contribution in [0.25, 0.3) is 11.1 Å². The summed E-state index contributed by atoms with van der Waals surface area (Å²) in [4.78, 5) is 16.7. The van der Waals surface area contributed by atoms with Crippen LogP contribution in [0.5, 0.6) is 0 Å². The highest BCUT2D eigenvalue weighted by atomic mass is 35.5.